The summed E-state index contributed by atoms with van der Waals surface area (Å²) in [6, 6.07) is 17.9. The zero-order chi connectivity index (χ0) is 22.2. The Morgan fingerprint density at radius 3 is 1.06 bits per heavy atom. The van der Waals surface area contributed by atoms with Gasteiger partial charge in [-0.1, -0.05) is 60.1 Å². The second kappa shape index (κ2) is 7.39. The van der Waals surface area contributed by atoms with Crippen LogP contribution in [0.1, 0.15) is 22.3 Å². The molecule has 32 heavy (non-hydrogen) atoms. The molecule has 6 nitrogen and oxygen atoms in total. The van der Waals surface area contributed by atoms with Crippen molar-refractivity contribution in [3.05, 3.63) is 124 Å². The summed E-state index contributed by atoms with van der Waals surface area (Å²) in [5.74, 6) is 11.5. The molecular weight excluding hydrogens is 404 g/mol. The van der Waals surface area contributed by atoms with E-state index in [4.69, 9.17) is 0 Å². The third kappa shape index (κ3) is 3.04. The van der Waals surface area contributed by atoms with Gasteiger partial charge < -0.3 is 0 Å². The van der Waals surface area contributed by atoms with Crippen molar-refractivity contribution < 1.29 is 0 Å². The Hall–Kier alpha value is -4.94. The van der Waals surface area contributed by atoms with Crippen molar-refractivity contribution in [3.8, 4) is 23.7 Å². The number of aromatic amines is 2. The van der Waals surface area contributed by atoms with Crippen molar-refractivity contribution in [1.82, 2.24) is 9.97 Å². The lowest BCUT2D eigenvalue weighted by molar-refractivity contribution is 1.25. The molecule has 0 saturated heterocycles. The molecule has 0 unspecified atom stereocenters. The fourth-order valence-electron chi connectivity index (χ4n) is 3.68. The molecule has 2 heterocycles. The van der Waals surface area contributed by atoms with Gasteiger partial charge in [0.25, 0.3) is 22.2 Å². The molecule has 0 aliphatic rings. The van der Waals surface area contributed by atoms with Crippen molar-refractivity contribution in [2.75, 3.05) is 0 Å². The van der Waals surface area contributed by atoms with E-state index in [2.05, 4.69) is 33.6 Å². The van der Waals surface area contributed by atoms with Gasteiger partial charge in [0.15, 0.2) is 0 Å². The molecule has 5 rings (SSSR count). The third-order valence-corrected chi connectivity index (χ3v) is 5.07. The molecule has 0 saturated carbocycles. The summed E-state index contributed by atoms with van der Waals surface area (Å²) < 4.78 is 0. The first-order valence-corrected chi connectivity index (χ1v) is 9.64. The average molecular weight is 416 g/mol. The number of hydrogen-bond acceptors (Lipinski definition) is 4. The summed E-state index contributed by atoms with van der Waals surface area (Å²) in [7, 11) is 0. The van der Waals surface area contributed by atoms with E-state index in [1.807, 2.05) is 12.1 Å². The predicted molar refractivity (Wildman–Crippen MR) is 122 cm³/mol. The van der Waals surface area contributed by atoms with Crippen LogP contribution in [0, 0.1) is 23.7 Å². The molecule has 5 aromatic rings. The minimum atomic E-state index is -0.680. The van der Waals surface area contributed by atoms with E-state index in [9.17, 15) is 19.2 Å². The van der Waals surface area contributed by atoms with Gasteiger partial charge in [0.2, 0.25) is 0 Å². The summed E-state index contributed by atoms with van der Waals surface area (Å²) >= 11 is 0. The normalized spacial score (nSPS) is 10.5. The second-order valence-electron chi connectivity index (χ2n) is 7.05. The number of fused-ring (bicyclic) bond motifs is 2. The van der Waals surface area contributed by atoms with Gasteiger partial charge in [-0.25, -0.2) is 0 Å². The maximum atomic E-state index is 12.7. The molecule has 0 spiro atoms. The smallest absolute Gasteiger partial charge is 0.260 e. The summed E-state index contributed by atoms with van der Waals surface area (Å²) in [5, 5.41) is -0.169. The zero-order valence-electron chi connectivity index (χ0n) is 16.4. The number of H-pyrrole nitrogens is 2. The number of nitrogens with one attached hydrogen (secondary N) is 2. The molecule has 6 heteroatoms. The maximum absolute atomic E-state index is 12.7. The van der Waals surface area contributed by atoms with Crippen LogP contribution in [0.2, 0.25) is 0 Å². The standard InChI is InChI=1S/C26H12N2O4/c29-23-19-17(13-11-15-7-3-1-4-8-15)20-22(26(32)28-24(20)30)18(21(19)25(31)27-23)14-12-16-9-5-2-6-10-16/h1-10H,(H,27,29,31)(H,28,30,32). The molecule has 0 radical (unpaired) electrons. The van der Waals surface area contributed by atoms with Crippen LogP contribution in [-0.4, -0.2) is 9.97 Å². The Bertz CT molecular complexity index is 1630. The van der Waals surface area contributed by atoms with Gasteiger partial charge in [0.1, 0.15) is 0 Å². The highest BCUT2D eigenvalue weighted by molar-refractivity contribution is 6.09. The van der Waals surface area contributed by atoms with Crippen LogP contribution in [0.5, 0.6) is 0 Å². The Morgan fingerprint density at radius 2 is 0.750 bits per heavy atom. The number of rotatable bonds is 0. The molecule has 2 aromatic heterocycles. The van der Waals surface area contributed by atoms with E-state index in [0.29, 0.717) is 11.1 Å². The highest BCUT2D eigenvalue weighted by atomic mass is 16.2. The van der Waals surface area contributed by atoms with Gasteiger partial charge in [-0.3, -0.25) is 29.1 Å². The molecular formula is C26H12N2O4. The van der Waals surface area contributed by atoms with E-state index in [-0.39, 0.29) is 32.7 Å². The molecule has 0 amide bonds. The largest absolute Gasteiger partial charge is 0.288 e. The molecule has 150 valence electrons. The first-order valence-electron chi connectivity index (χ1n) is 9.64. The summed E-state index contributed by atoms with van der Waals surface area (Å²) in [5.41, 5.74) is -1.35. The van der Waals surface area contributed by atoms with Crippen molar-refractivity contribution >= 4 is 21.5 Å². The summed E-state index contributed by atoms with van der Waals surface area (Å²) in [6.07, 6.45) is 0. The van der Waals surface area contributed by atoms with Gasteiger partial charge in [0.05, 0.1) is 32.7 Å². The number of hydrogen-bond donors (Lipinski definition) is 2. The fourth-order valence-corrected chi connectivity index (χ4v) is 3.68. The van der Waals surface area contributed by atoms with Crippen LogP contribution in [0.25, 0.3) is 21.5 Å². The SMILES string of the molecule is O=c1[nH]c(=O)c2c(C#Cc3ccccc3)c3c(=O)[nH]c(=O)c3c(C#Cc3ccccc3)c12. The maximum Gasteiger partial charge on any atom is 0.260 e. The topological polar surface area (TPSA) is 99.9 Å². The van der Waals surface area contributed by atoms with E-state index < -0.39 is 22.2 Å². The first kappa shape index (κ1) is 19.0. The Balaban J connectivity index is 1.94. The van der Waals surface area contributed by atoms with E-state index >= 15 is 0 Å². The Morgan fingerprint density at radius 1 is 0.438 bits per heavy atom. The minimum Gasteiger partial charge on any atom is -0.288 e. The van der Waals surface area contributed by atoms with Crippen molar-refractivity contribution in [1.29, 1.82) is 0 Å². The van der Waals surface area contributed by atoms with Crippen molar-refractivity contribution in [2.24, 2.45) is 0 Å². The van der Waals surface area contributed by atoms with Crippen LogP contribution < -0.4 is 22.2 Å². The van der Waals surface area contributed by atoms with Crippen LogP contribution >= 0.6 is 0 Å². The molecule has 0 fully saturated rings. The lowest BCUT2D eigenvalue weighted by Crippen LogP contribution is -2.08. The highest BCUT2D eigenvalue weighted by Gasteiger charge is 2.23. The van der Waals surface area contributed by atoms with Gasteiger partial charge in [-0.05, 0) is 24.3 Å². The fraction of sp³-hybridized carbons (Fsp3) is 0. The molecule has 2 N–H and O–H groups in total. The van der Waals surface area contributed by atoms with Gasteiger partial charge in [-0.2, -0.15) is 0 Å². The average Bonchev–Trinajstić information content (AvgIpc) is 3.27. The Kier molecular flexibility index (Phi) is 4.40. The molecule has 3 aromatic carbocycles. The van der Waals surface area contributed by atoms with Gasteiger partial charge in [0, 0.05) is 11.1 Å². The molecule has 0 atom stereocenters. The minimum absolute atomic E-state index is 0.0378. The van der Waals surface area contributed by atoms with Gasteiger partial charge >= 0.3 is 0 Å². The molecule has 0 bridgehead atoms. The van der Waals surface area contributed by atoms with E-state index in [1.54, 1.807) is 48.5 Å². The summed E-state index contributed by atoms with van der Waals surface area (Å²) in [6.45, 7) is 0. The quantitative estimate of drug-likeness (QED) is 0.376. The van der Waals surface area contributed by atoms with Crippen molar-refractivity contribution in [3.63, 3.8) is 0 Å². The highest BCUT2D eigenvalue weighted by Crippen LogP contribution is 2.25. The van der Waals surface area contributed by atoms with Crippen LogP contribution in [0.15, 0.2) is 79.8 Å². The predicted octanol–water partition coefficient (Wildman–Crippen LogP) is 1.77. The van der Waals surface area contributed by atoms with Crippen LogP contribution in [0.4, 0.5) is 0 Å². The van der Waals surface area contributed by atoms with Crippen molar-refractivity contribution in [2.45, 2.75) is 0 Å². The lowest BCUT2D eigenvalue weighted by atomic mass is 9.96. The number of benzene rings is 3. The molecule has 0 aliphatic heterocycles. The van der Waals surface area contributed by atoms with Gasteiger partial charge in [-0.15, -0.1) is 0 Å². The third-order valence-electron chi connectivity index (χ3n) is 5.07. The van der Waals surface area contributed by atoms with Crippen LogP contribution in [0.3, 0.4) is 0 Å². The van der Waals surface area contributed by atoms with E-state index in [0.717, 1.165) is 0 Å². The zero-order valence-corrected chi connectivity index (χ0v) is 16.4. The number of aromatic nitrogens is 2. The molecule has 0 aliphatic carbocycles. The second-order valence-corrected chi connectivity index (χ2v) is 7.05. The van der Waals surface area contributed by atoms with E-state index in [1.165, 1.54) is 0 Å². The monoisotopic (exact) mass is 416 g/mol. The summed E-state index contributed by atoms with van der Waals surface area (Å²) in [4.78, 5) is 55.1. The van der Waals surface area contributed by atoms with Crippen LogP contribution in [-0.2, 0) is 0 Å². The first-order chi connectivity index (χ1) is 15.5. The Labute approximate surface area is 179 Å². The lowest BCUT2D eigenvalue weighted by Gasteiger charge is -2.01.